The quantitative estimate of drug-likeness (QED) is 0.723. The molecule has 0 spiro atoms. The molecule has 0 bridgehead atoms. The van der Waals surface area contributed by atoms with Gasteiger partial charge in [0.1, 0.15) is 11.6 Å². The lowest BCUT2D eigenvalue weighted by atomic mass is 9.91. The summed E-state index contributed by atoms with van der Waals surface area (Å²) in [5.74, 6) is 2.03. The molecule has 1 aliphatic heterocycles. The smallest absolute Gasteiger partial charge is 0.137 e. The van der Waals surface area contributed by atoms with Crippen molar-refractivity contribution in [1.82, 2.24) is 19.7 Å². The first-order valence-corrected chi connectivity index (χ1v) is 9.20. The fourth-order valence-corrected chi connectivity index (χ4v) is 4.20. The normalized spacial score (nSPS) is 17.0. The van der Waals surface area contributed by atoms with Crippen molar-refractivity contribution in [2.75, 3.05) is 0 Å². The third kappa shape index (κ3) is 2.24. The summed E-state index contributed by atoms with van der Waals surface area (Å²) in [6.45, 7) is 4.31. The molecule has 3 aromatic rings. The predicted octanol–water partition coefficient (Wildman–Crippen LogP) is 4.18. The van der Waals surface area contributed by atoms with Gasteiger partial charge >= 0.3 is 0 Å². The van der Waals surface area contributed by atoms with E-state index in [4.69, 9.17) is 0 Å². The Morgan fingerprint density at radius 1 is 1.04 bits per heavy atom. The minimum atomic E-state index is 0.395. The third-order valence-corrected chi connectivity index (χ3v) is 6.04. The second-order valence-corrected chi connectivity index (χ2v) is 7.44. The summed E-state index contributed by atoms with van der Waals surface area (Å²) < 4.78 is 2.19. The zero-order valence-corrected chi connectivity index (χ0v) is 14.8. The van der Waals surface area contributed by atoms with E-state index in [1.165, 1.54) is 47.2 Å². The Morgan fingerprint density at radius 2 is 1.92 bits per heavy atom. The number of hydrogen-bond donors (Lipinski definition) is 0. The first-order chi connectivity index (χ1) is 12.2. The number of nitrogens with zero attached hydrogens (tertiary/aromatic N) is 4. The Balaban J connectivity index is 1.57. The lowest BCUT2D eigenvalue weighted by Gasteiger charge is -2.20. The van der Waals surface area contributed by atoms with Gasteiger partial charge < -0.3 is 0 Å². The van der Waals surface area contributed by atoms with E-state index in [-0.39, 0.29) is 0 Å². The molecule has 0 amide bonds. The molecule has 1 aliphatic carbocycles. The van der Waals surface area contributed by atoms with Crippen LogP contribution in [0.25, 0.3) is 16.8 Å². The molecule has 0 saturated heterocycles. The molecule has 3 heterocycles. The van der Waals surface area contributed by atoms with Crippen LogP contribution < -0.4 is 0 Å². The zero-order valence-electron chi connectivity index (χ0n) is 14.8. The minimum Gasteiger partial charge on any atom is -0.283 e. The fourth-order valence-electron chi connectivity index (χ4n) is 4.20. The standard InChI is InChI=1S/C21H22N4/c1-3-21(8-9-21)18-11-17(12-22-13-18)15-4-6-19-16(10-15)5-7-20-24-23-14(2)25(19)20/h4,6,10-13H,3,5,7-9H2,1-2H3. The van der Waals surface area contributed by atoms with Crippen molar-refractivity contribution in [2.24, 2.45) is 0 Å². The van der Waals surface area contributed by atoms with Crippen molar-refractivity contribution in [1.29, 1.82) is 0 Å². The molecule has 4 nitrogen and oxygen atoms in total. The number of aromatic nitrogens is 4. The summed E-state index contributed by atoms with van der Waals surface area (Å²) in [6, 6.07) is 9.09. The minimum absolute atomic E-state index is 0.395. The van der Waals surface area contributed by atoms with Crippen LogP contribution in [0.15, 0.2) is 36.7 Å². The number of hydrogen-bond acceptors (Lipinski definition) is 3. The molecule has 0 unspecified atom stereocenters. The van der Waals surface area contributed by atoms with E-state index in [9.17, 15) is 0 Å². The summed E-state index contributed by atoms with van der Waals surface area (Å²) >= 11 is 0. The molecule has 0 atom stereocenters. The summed E-state index contributed by atoms with van der Waals surface area (Å²) in [7, 11) is 0. The Hall–Kier alpha value is -2.49. The van der Waals surface area contributed by atoms with Gasteiger partial charge in [-0.15, -0.1) is 10.2 Å². The van der Waals surface area contributed by atoms with Crippen LogP contribution in [0.2, 0.25) is 0 Å². The number of aryl methyl sites for hydroxylation is 3. The van der Waals surface area contributed by atoms with Crippen molar-refractivity contribution in [3.63, 3.8) is 0 Å². The molecule has 25 heavy (non-hydrogen) atoms. The van der Waals surface area contributed by atoms with Crippen molar-refractivity contribution in [3.05, 3.63) is 59.4 Å². The zero-order chi connectivity index (χ0) is 17.0. The summed E-state index contributed by atoms with van der Waals surface area (Å²) in [6.07, 6.45) is 9.84. The Labute approximate surface area is 147 Å². The predicted molar refractivity (Wildman–Crippen MR) is 97.9 cm³/mol. The van der Waals surface area contributed by atoms with Crippen LogP contribution in [0.3, 0.4) is 0 Å². The van der Waals surface area contributed by atoms with E-state index in [1.54, 1.807) is 0 Å². The number of benzene rings is 1. The average molecular weight is 330 g/mol. The highest BCUT2D eigenvalue weighted by molar-refractivity contribution is 5.67. The molecule has 4 heteroatoms. The highest BCUT2D eigenvalue weighted by Crippen LogP contribution is 2.51. The maximum Gasteiger partial charge on any atom is 0.137 e. The van der Waals surface area contributed by atoms with E-state index in [1.807, 2.05) is 13.1 Å². The Kier molecular flexibility index (Phi) is 3.11. The molecule has 5 rings (SSSR count). The average Bonchev–Trinajstić information content (AvgIpc) is 3.38. The van der Waals surface area contributed by atoms with E-state index in [0.29, 0.717) is 5.41 Å². The summed E-state index contributed by atoms with van der Waals surface area (Å²) in [5, 5.41) is 8.53. The topological polar surface area (TPSA) is 43.6 Å². The maximum atomic E-state index is 4.54. The second kappa shape index (κ2) is 5.25. The Bertz CT molecular complexity index is 966. The first-order valence-electron chi connectivity index (χ1n) is 9.20. The molecule has 1 fully saturated rings. The SMILES string of the molecule is CCC1(c2cncc(-c3ccc4c(c3)CCc3nnc(C)n3-4)c2)CC1. The summed E-state index contributed by atoms with van der Waals surface area (Å²) in [5.41, 5.74) is 6.88. The van der Waals surface area contributed by atoms with Gasteiger partial charge in [-0.2, -0.15) is 0 Å². The number of fused-ring (bicyclic) bond motifs is 3. The van der Waals surface area contributed by atoms with Crippen molar-refractivity contribution < 1.29 is 0 Å². The molecule has 1 saturated carbocycles. The van der Waals surface area contributed by atoms with Crippen LogP contribution in [0.1, 0.15) is 49.0 Å². The molecule has 2 aromatic heterocycles. The van der Waals surface area contributed by atoms with Gasteiger partial charge in [-0.25, -0.2) is 0 Å². The van der Waals surface area contributed by atoms with Gasteiger partial charge in [-0.1, -0.05) is 13.0 Å². The van der Waals surface area contributed by atoms with Crippen molar-refractivity contribution in [3.8, 4) is 16.8 Å². The van der Waals surface area contributed by atoms with Gasteiger partial charge in [0, 0.05) is 24.4 Å². The van der Waals surface area contributed by atoms with Gasteiger partial charge in [-0.3, -0.25) is 9.55 Å². The molecule has 0 N–H and O–H groups in total. The highest BCUT2D eigenvalue weighted by atomic mass is 15.3. The molecule has 0 radical (unpaired) electrons. The molecule has 126 valence electrons. The third-order valence-electron chi connectivity index (χ3n) is 6.04. The van der Waals surface area contributed by atoms with Crippen LogP contribution in [0, 0.1) is 6.92 Å². The number of pyridine rings is 1. The van der Waals surface area contributed by atoms with E-state index in [2.05, 4.69) is 57.1 Å². The van der Waals surface area contributed by atoms with E-state index >= 15 is 0 Å². The lowest BCUT2D eigenvalue weighted by Crippen LogP contribution is -2.13. The molecular formula is C21H22N4. The van der Waals surface area contributed by atoms with E-state index < -0.39 is 0 Å². The van der Waals surface area contributed by atoms with Crippen LogP contribution >= 0.6 is 0 Å². The number of rotatable bonds is 3. The van der Waals surface area contributed by atoms with Crippen molar-refractivity contribution in [2.45, 2.75) is 51.4 Å². The van der Waals surface area contributed by atoms with Crippen LogP contribution in [0.5, 0.6) is 0 Å². The summed E-state index contributed by atoms with van der Waals surface area (Å²) in [4.78, 5) is 4.54. The van der Waals surface area contributed by atoms with Crippen LogP contribution in [-0.4, -0.2) is 19.7 Å². The van der Waals surface area contributed by atoms with Crippen molar-refractivity contribution >= 4 is 0 Å². The van der Waals surface area contributed by atoms with Crippen LogP contribution in [-0.2, 0) is 18.3 Å². The monoisotopic (exact) mass is 330 g/mol. The largest absolute Gasteiger partial charge is 0.283 e. The van der Waals surface area contributed by atoms with Crippen LogP contribution in [0.4, 0.5) is 0 Å². The van der Waals surface area contributed by atoms with Gasteiger partial charge in [-0.05, 0) is 72.9 Å². The lowest BCUT2D eigenvalue weighted by molar-refractivity contribution is 0.661. The molecular weight excluding hydrogens is 308 g/mol. The van der Waals surface area contributed by atoms with Gasteiger partial charge in [0.05, 0.1) is 5.69 Å². The Morgan fingerprint density at radius 3 is 2.72 bits per heavy atom. The fraction of sp³-hybridized carbons (Fsp3) is 0.381. The van der Waals surface area contributed by atoms with E-state index in [0.717, 1.165) is 24.5 Å². The van der Waals surface area contributed by atoms with Gasteiger partial charge in [0.2, 0.25) is 0 Å². The first kappa shape index (κ1) is 14.8. The maximum absolute atomic E-state index is 4.54. The molecule has 2 aliphatic rings. The molecule has 1 aromatic carbocycles. The highest BCUT2D eigenvalue weighted by Gasteiger charge is 2.42. The van der Waals surface area contributed by atoms with Gasteiger partial charge in [0.25, 0.3) is 0 Å². The van der Waals surface area contributed by atoms with Gasteiger partial charge in [0.15, 0.2) is 0 Å². The second-order valence-electron chi connectivity index (χ2n) is 7.44.